The summed E-state index contributed by atoms with van der Waals surface area (Å²) < 4.78 is 16.6. The van der Waals surface area contributed by atoms with Crippen LogP contribution in [0.15, 0.2) is 60.9 Å². The Kier molecular flexibility index (Phi) is 5.69. The van der Waals surface area contributed by atoms with E-state index in [0.29, 0.717) is 30.0 Å². The van der Waals surface area contributed by atoms with Gasteiger partial charge in [0.05, 0.1) is 7.11 Å². The Morgan fingerprint density at radius 1 is 0.920 bits per heavy atom. The number of aromatic nitrogens is 2. The summed E-state index contributed by atoms with van der Waals surface area (Å²) in [5.41, 5.74) is 1.97. The number of methoxy groups -OCH3 is 1. The zero-order chi connectivity index (χ0) is 17.5. The Bertz CT molecular complexity index is 811. The Hall–Kier alpha value is -2.79. The van der Waals surface area contributed by atoms with Crippen molar-refractivity contribution in [1.29, 1.82) is 0 Å². The number of hydrogen-bond acceptors (Lipinski definition) is 5. The molecule has 5 nitrogen and oxygen atoms in total. The van der Waals surface area contributed by atoms with Gasteiger partial charge in [0.1, 0.15) is 29.9 Å². The van der Waals surface area contributed by atoms with Gasteiger partial charge in [-0.3, -0.25) is 4.98 Å². The first-order valence-electron chi connectivity index (χ1n) is 7.68. The summed E-state index contributed by atoms with van der Waals surface area (Å²) in [7, 11) is 1.64. The molecule has 0 aliphatic heterocycles. The van der Waals surface area contributed by atoms with E-state index in [4.69, 9.17) is 25.8 Å². The van der Waals surface area contributed by atoms with E-state index in [-0.39, 0.29) is 0 Å². The fourth-order valence-electron chi connectivity index (χ4n) is 2.14. The van der Waals surface area contributed by atoms with Crippen molar-refractivity contribution >= 4 is 11.6 Å². The predicted molar refractivity (Wildman–Crippen MR) is 95.1 cm³/mol. The Morgan fingerprint density at radius 3 is 2.44 bits per heavy atom. The second-order valence-electron chi connectivity index (χ2n) is 5.25. The lowest BCUT2D eigenvalue weighted by atomic mass is 10.2. The Balaban J connectivity index is 1.62. The number of pyridine rings is 2. The van der Waals surface area contributed by atoms with Crippen LogP contribution in [-0.4, -0.2) is 17.1 Å². The Labute approximate surface area is 151 Å². The zero-order valence-corrected chi connectivity index (χ0v) is 14.4. The van der Waals surface area contributed by atoms with Crippen molar-refractivity contribution in [2.24, 2.45) is 0 Å². The van der Waals surface area contributed by atoms with Crippen molar-refractivity contribution in [2.75, 3.05) is 7.11 Å². The third-order valence-corrected chi connectivity index (χ3v) is 3.61. The fourth-order valence-corrected chi connectivity index (χ4v) is 2.33. The summed E-state index contributed by atoms with van der Waals surface area (Å²) in [4.78, 5) is 8.20. The first-order chi connectivity index (χ1) is 12.2. The van der Waals surface area contributed by atoms with Crippen LogP contribution in [0.3, 0.4) is 0 Å². The highest BCUT2D eigenvalue weighted by atomic mass is 35.5. The maximum absolute atomic E-state index is 6.05. The van der Waals surface area contributed by atoms with E-state index in [0.717, 1.165) is 16.9 Å². The molecule has 0 atom stereocenters. The fraction of sp³-hybridized carbons (Fsp3) is 0.158. The number of nitrogens with zero attached hydrogens (tertiary/aromatic N) is 2. The minimum absolute atomic E-state index is 0.313. The smallest absolute Gasteiger partial charge is 0.218 e. The van der Waals surface area contributed by atoms with Crippen LogP contribution in [0.1, 0.15) is 11.1 Å². The van der Waals surface area contributed by atoms with Crippen molar-refractivity contribution in [1.82, 2.24) is 9.97 Å². The summed E-state index contributed by atoms with van der Waals surface area (Å²) in [6.07, 6.45) is 3.46. The molecule has 128 valence electrons. The average Bonchev–Trinajstić information content (AvgIpc) is 2.66. The van der Waals surface area contributed by atoms with Crippen molar-refractivity contribution in [3.8, 4) is 17.4 Å². The highest BCUT2D eigenvalue weighted by molar-refractivity contribution is 6.29. The van der Waals surface area contributed by atoms with E-state index in [1.807, 2.05) is 36.4 Å². The van der Waals surface area contributed by atoms with Crippen LogP contribution in [0, 0.1) is 0 Å². The highest BCUT2D eigenvalue weighted by Gasteiger charge is 2.05. The molecule has 0 saturated heterocycles. The predicted octanol–water partition coefficient (Wildman–Crippen LogP) is 4.30. The van der Waals surface area contributed by atoms with Crippen LogP contribution >= 0.6 is 11.6 Å². The van der Waals surface area contributed by atoms with Crippen LogP contribution < -0.4 is 14.2 Å². The van der Waals surface area contributed by atoms with Gasteiger partial charge in [0, 0.05) is 30.1 Å². The molecule has 0 amide bonds. The number of hydrogen-bond donors (Lipinski definition) is 0. The molecule has 0 N–H and O–H groups in total. The second kappa shape index (κ2) is 8.35. The van der Waals surface area contributed by atoms with Gasteiger partial charge >= 0.3 is 0 Å². The van der Waals surface area contributed by atoms with Crippen molar-refractivity contribution in [3.05, 3.63) is 77.2 Å². The molecule has 0 unspecified atom stereocenters. The molecule has 3 rings (SSSR count). The molecule has 0 fully saturated rings. The van der Waals surface area contributed by atoms with Crippen LogP contribution in [0.2, 0.25) is 5.15 Å². The lowest BCUT2D eigenvalue weighted by molar-refractivity contribution is 0.281. The maximum atomic E-state index is 6.05. The van der Waals surface area contributed by atoms with Crippen molar-refractivity contribution < 1.29 is 14.2 Å². The molecule has 3 aromatic rings. The van der Waals surface area contributed by atoms with Gasteiger partial charge in [-0.2, -0.15) is 0 Å². The van der Waals surface area contributed by atoms with Gasteiger partial charge in [0.2, 0.25) is 5.88 Å². The normalized spacial score (nSPS) is 10.3. The monoisotopic (exact) mass is 356 g/mol. The number of ether oxygens (including phenoxy) is 3. The van der Waals surface area contributed by atoms with Crippen LogP contribution in [0.4, 0.5) is 0 Å². The maximum Gasteiger partial charge on any atom is 0.218 e. The van der Waals surface area contributed by atoms with E-state index in [9.17, 15) is 0 Å². The van der Waals surface area contributed by atoms with Crippen LogP contribution in [0.25, 0.3) is 0 Å². The topological polar surface area (TPSA) is 53.5 Å². The summed E-state index contributed by atoms with van der Waals surface area (Å²) in [5, 5.41) is 0.313. The lowest BCUT2D eigenvalue weighted by Gasteiger charge is -2.10. The van der Waals surface area contributed by atoms with Gasteiger partial charge in [-0.15, -0.1) is 0 Å². The number of rotatable bonds is 7. The minimum Gasteiger partial charge on any atom is -0.497 e. The summed E-state index contributed by atoms with van der Waals surface area (Å²) in [6.45, 7) is 0.769. The molecular formula is C19H17ClN2O3. The van der Waals surface area contributed by atoms with Gasteiger partial charge in [0.15, 0.2) is 0 Å². The highest BCUT2D eigenvalue weighted by Crippen LogP contribution is 2.24. The molecule has 0 aliphatic carbocycles. The molecule has 0 saturated carbocycles. The quantitative estimate of drug-likeness (QED) is 0.591. The first-order valence-corrected chi connectivity index (χ1v) is 8.06. The van der Waals surface area contributed by atoms with E-state index < -0.39 is 0 Å². The van der Waals surface area contributed by atoms with Gasteiger partial charge in [-0.05, 0) is 23.8 Å². The third-order valence-electron chi connectivity index (χ3n) is 3.42. The van der Waals surface area contributed by atoms with E-state index >= 15 is 0 Å². The molecule has 6 heteroatoms. The van der Waals surface area contributed by atoms with Gasteiger partial charge in [-0.1, -0.05) is 29.8 Å². The largest absolute Gasteiger partial charge is 0.497 e. The van der Waals surface area contributed by atoms with E-state index in [1.165, 1.54) is 0 Å². The lowest BCUT2D eigenvalue weighted by Crippen LogP contribution is -2.00. The number of benzene rings is 1. The van der Waals surface area contributed by atoms with Crippen LogP contribution in [0.5, 0.6) is 17.4 Å². The molecule has 0 aliphatic rings. The summed E-state index contributed by atoms with van der Waals surface area (Å²) in [5.74, 6) is 1.81. The molecule has 0 radical (unpaired) electrons. The van der Waals surface area contributed by atoms with Crippen molar-refractivity contribution in [2.45, 2.75) is 13.2 Å². The standard InChI is InChI=1S/C19H17ClN2O3/c1-23-16-6-4-14(5-7-16)12-24-17-9-18(20)22-19(10-17)25-13-15-3-2-8-21-11-15/h2-11H,12-13H2,1H3. The Morgan fingerprint density at radius 2 is 1.72 bits per heavy atom. The molecule has 2 heterocycles. The molecular weight excluding hydrogens is 340 g/mol. The van der Waals surface area contributed by atoms with Gasteiger partial charge < -0.3 is 14.2 Å². The van der Waals surface area contributed by atoms with E-state index in [2.05, 4.69) is 9.97 Å². The van der Waals surface area contributed by atoms with Crippen molar-refractivity contribution in [3.63, 3.8) is 0 Å². The SMILES string of the molecule is COc1ccc(COc2cc(Cl)nc(OCc3cccnc3)c2)cc1. The van der Waals surface area contributed by atoms with Gasteiger partial charge in [-0.25, -0.2) is 4.98 Å². The first kappa shape index (κ1) is 17.0. The molecule has 2 aromatic heterocycles. The second-order valence-corrected chi connectivity index (χ2v) is 5.64. The molecule has 0 bridgehead atoms. The summed E-state index contributed by atoms with van der Waals surface area (Å²) in [6, 6.07) is 14.8. The molecule has 25 heavy (non-hydrogen) atoms. The third kappa shape index (κ3) is 5.09. The van der Waals surface area contributed by atoms with Crippen LogP contribution in [-0.2, 0) is 13.2 Å². The molecule has 0 spiro atoms. The van der Waals surface area contributed by atoms with E-state index in [1.54, 1.807) is 31.6 Å². The average molecular weight is 357 g/mol. The minimum atomic E-state index is 0.313. The molecule has 1 aromatic carbocycles. The van der Waals surface area contributed by atoms with Gasteiger partial charge in [0.25, 0.3) is 0 Å². The summed E-state index contributed by atoms with van der Waals surface area (Å²) >= 11 is 6.05. The zero-order valence-electron chi connectivity index (χ0n) is 13.7. The number of halogens is 1.